The van der Waals surface area contributed by atoms with Crippen LogP contribution in [0, 0.1) is 27.7 Å². The largest absolute Gasteiger partial charge is 2.00 e. The number of ether oxygens (including phenoxy) is 4. The topological polar surface area (TPSA) is 90.9 Å². The summed E-state index contributed by atoms with van der Waals surface area (Å²) in [4.78, 5) is 22.0. The summed E-state index contributed by atoms with van der Waals surface area (Å²) >= 11 is 0. The molecule has 65 heavy (non-hydrogen) atoms. The van der Waals surface area contributed by atoms with E-state index in [9.17, 15) is 0 Å². The molecule has 2 aliphatic heterocycles. The second-order valence-corrected chi connectivity index (χ2v) is 17.4. The molecule has 0 atom stereocenters. The Balaban J connectivity index is 0.00000576. The van der Waals surface area contributed by atoms with Gasteiger partial charge in [0.2, 0.25) is 0 Å². The fourth-order valence-corrected chi connectivity index (χ4v) is 9.20. The molecule has 3 aromatic heterocycles. The molecule has 9 rings (SSSR count). The minimum atomic E-state index is 0. The van der Waals surface area contributed by atoms with Crippen LogP contribution in [0.3, 0.4) is 0 Å². The van der Waals surface area contributed by atoms with Crippen LogP contribution >= 0.6 is 0 Å². The van der Waals surface area contributed by atoms with Crippen molar-refractivity contribution in [3.05, 3.63) is 95.1 Å². The van der Waals surface area contributed by atoms with E-state index in [-0.39, 0.29) is 20.4 Å². The predicted octanol–water partition coefficient (Wildman–Crippen LogP) is 14.5. The number of hydrogen-bond donors (Lipinski definition) is 0. The van der Waals surface area contributed by atoms with Gasteiger partial charge in [-0.05, 0) is 135 Å². The number of rotatable bonds is 16. The zero-order chi connectivity index (χ0) is 44.5. The average Bonchev–Trinajstić information content (AvgIpc) is 4.04. The molecule has 2 aliphatic rings. The Kier molecular flexibility index (Phi) is 14.0. The summed E-state index contributed by atoms with van der Waals surface area (Å²) in [5, 5.41) is 4.01. The standard InChI is InChI=1S/C56H60N4O4.Pd/c1-9-13-25-61-45-21-17-33(5)49-37-29-38-50-34(6)18-22-46(62-26-14-10-2)54(50)42(58-38)31-40-52-36(8)20-24-48(64-28-16-12-4)56(52)44(60-40)32-43-55-47(63-27-15-11-3)23-19-35(7)51(55)39(59-43)30-41(57-37)53(45)49;/h17-24,29-32H,9-16,25-28H2,1-8H3;/q-2;+2. The van der Waals surface area contributed by atoms with Gasteiger partial charge in [0.15, 0.2) is 0 Å². The van der Waals surface area contributed by atoms with E-state index < -0.39 is 0 Å². The first kappa shape index (κ1) is 45.9. The Labute approximate surface area is 397 Å². The van der Waals surface area contributed by atoms with E-state index in [1.165, 1.54) is 0 Å². The maximum atomic E-state index is 6.61. The van der Waals surface area contributed by atoms with Gasteiger partial charge in [-0.3, -0.25) is 0 Å². The summed E-state index contributed by atoms with van der Waals surface area (Å²) in [6.45, 7) is 19.8. The molecule has 5 heterocycles. The quantitative estimate of drug-likeness (QED) is 0.0699. The van der Waals surface area contributed by atoms with Crippen molar-refractivity contribution >= 4 is 43.6 Å². The minimum Gasteiger partial charge on any atom is -0.657 e. The maximum absolute atomic E-state index is 6.61. The summed E-state index contributed by atoms with van der Waals surface area (Å²) in [6.07, 6.45) is 7.96. The van der Waals surface area contributed by atoms with Crippen molar-refractivity contribution in [2.75, 3.05) is 26.4 Å². The Morgan fingerprint density at radius 2 is 0.662 bits per heavy atom. The third-order valence-corrected chi connectivity index (χ3v) is 12.6. The van der Waals surface area contributed by atoms with Crippen molar-refractivity contribution in [3.63, 3.8) is 0 Å². The van der Waals surface area contributed by atoms with Crippen LogP contribution in [-0.4, -0.2) is 36.4 Å². The number of fused-ring (bicyclic) bond motifs is 20. The van der Waals surface area contributed by atoms with Gasteiger partial charge in [0, 0.05) is 21.9 Å². The molecule has 0 saturated carbocycles. The van der Waals surface area contributed by atoms with Crippen molar-refractivity contribution in [3.8, 4) is 68.0 Å². The number of benzene rings is 4. The summed E-state index contributed by atoms with van der Waals surface area (Å²) in [5.41, 5.74) is 14.9. The van der Waals surface area contributed by atoms with E-state index in [0.717, 1.165) is 185 Å². The van der Waals surface area contributed by atoms with E-state index >= 15 is 0 Å². The van der Waals surface area contributed by atoms with E-state index in [4.69, 9.17) is 38.9 Å². The van der Waals surface area contributed by atoms with Gasteiger partial charge in [-0.25, -0.2) is 9.97 Å². The maximum Gasteiger partial charge on any atom is 2.00 e. The Bertz CT molecular complexity index is 3070. The van der Waals surface area contributed by atoms with Crippen molar-refractivity contribution in [1.82, 2.24) is 19.9 Å². The molecule has 0 unspecified atom stereocenters. The van der Waals surface area contributed by atoms with E-state index in [2.05, 4.69) is 128 Å². The summed E-state index contributed by atoms with van der Waals surface area (Å²) in [6, 6.07) is 25.5. The summed E-state index contributed by atoms with van der Waals surface area (Å²) in [5.74, 6) is 3.25. The molecule has 8 nitrogen and oxygen atoms in total. The molecule has 0 amide bonds. The molecule has 4 aromatic carbocycles. The number of hydrogen-bond acceptors (Lipinski definition) is 6. The monoisotopic (exact) mass is 958 g/mol. The van der Waals surface area contributed by atoms with Gasteiger partial charge in [0.1, 0.15) is 23.0 Å². The van der Waals surface area contributed by atoms with Gasteiger partial charge < -0.3 is 28.9 Å². The summed E-state index contributed by atoms with van der Waals surface area (Å²) < 4.78 is 26.4. The molecule has 7 aromatic rings. The zero-order valence-electron chi connectivity index (χ0n) is 39.2. The first-order valence-electron chi connectivity index (χ1n) is 23.5. The van der Waals surface area contributed by atoms with Crippen LogP contribution in [0.25, 0.3) is 88.6 Å². The Morgan fingerprint density at radius 1 is 0.369 bits per heavy atom. The van der Waals surface area contributed by atoms with Crippen molar-refractivity contribution in [1.29, 1.82) is 0 Å². The Hall–Kier alpha value is -5.62. The van der Waals surface area contributed by atoms with Crippen LogP contribution in [0.5, 0.6) is 23.0 Å². The van der Waals surface area contributed by atoms with Crippen molar-refractivity contribution in [2.45, 2.75) is 107 Å². The van der Waals surface area contributed by atoms with Crippen molar-refractivity contribution < 1.29 is 39.4 Å². The second-order valence-electron chi connectivity index (χ2n) is 17.4. The number of unbranched alkanes of at least 4 members (excludes halogenated alkanes) is 4. The van der Waals surface area contributed by atoms with E-state index in [0.29, 0.717) is 26.4 Å². The first-order chi connectivity index (χ1) is 31.2. The fourth-order valence-electron chi connectivity index (χ4n) is 9.20. The van der Waals surface area contributed by atoms with Gasteiger partial charge in [-0.2, -0.15) is 0 Å². The van der Waals surface area contributed by atoms with Crippen LogP contribution in [0.2, 0.25) is 0 Å². The molecule has 0 saturated heterocycles. The van der Waals surface area contributed by atoms with Gasteiger partial charge in [-0.15, -0.1) is 22.1 Å². The van der Waals surface area contributed by atoms with Crippen molar-refractivity contribution in [2.24, 2.45) is 0 Å². The SMILES string of the molecule is CCCCOc1ccc(C)c2c1-c1cc3[n-]c(cc4nc(cc5[n-]c(cc-2n1)c1c(C)ccc(OCCCC)c51)-c1c(C)ccc(OCCCC)c1-4)c1c(OCCCC)ccc(C)c31.[Pd+2]. The number of nitrogens with zero attached hydrogens (tertiary/aromatic N) is 4. The third-order valence-electron chi connectivity index (χ3n) is 12.6. The fraction of sp³-hybridized carbons (Fsp3) is 0.357. The molecule has 9 heteroatoms. The van der Waals surface area contributed by atoms with Gasteiger partial charge in [-0.1, -0.05) is 77.6 Å². The molecule has 0 N–H and O–H groups in total. The molecule has 338 valence electrons. The zero-order valence-corrected chi connectivity index (χ0v) is 40.7. The van der Waals surface area contributed by atoms with Crippen LogP contribution in [-0.2, 0) is 20.4 Å². The normalized spacial score (nSPS) is 11.7. The van der Waals surface area contributed by atoms with Gasteiger partial charge in [0.05, 0.1) is 60.3 Å². The second kappa shape index (κ2) is 19.9. The smallest absolute Gasteiger partial charge is 0.657 e. The third kappa shape index (κ3) is 8.66. The first-order valence-corrected chi connectivity index (χ1v) is 23.5. The Morgan fingerprint density at radius 3 is 1.02 bits per heavy atom. The molecular formula is C56H60N4O4Pd. The molecular weight excluding hydrogens is 899 g/mol. The van der Waals surface area contributed by atoms with Crippen LogP contribution in [0.15, 0.2) is 72.8 Å². The average molecular weight is 960 g/mol. The number of aromatic nitrogens is 4. The van der Waals surface area contributed by atoms with Gasteiger partial charge >= 0.3 is 20.4 Å². The molecule has 0 aliphatic carbocycles. The molecule has 0 radical (unpaired) electrons. The molecule has 8 bridgehead atoms. The van der Waals surface area contributed by atoms with Gasteiger partial charge in [0.25, 0.3) is 0 Å². The van der Waals surface area contributed by atoms with Crippen LogP contribution in [0.1, 0.15) is 101 Å². The number of aryl methyl sites for hydroxylation is 4. The minimum absolute atomic E-state index is 0. The van der Waals surface area contributed by atoms with Crippen LogP contribution < -0.4 is 28.9 Å². The van der Waals surface area contributed by atoms with Crippen LogP contribution in [0.4, 0.5) is 0 Å². The molecule has 0 fully saturated rings. The predicted molar refractivity (Wildman–Crippen MR) is 263 cm³/mol. The van der Waals surface area contributed by atoms with E-state index in [1.807, 2.05) is 0 Å². The summed E-state index contributed by atoms with van der Waals surface area (Å²) in [7, 11) is 0. The molecule has 0 spiro atoms. The van der Waals surface area contributed by atoms with E-state index in [1.54, 1.807) is 0 Å².